The molecule has 0 spiro atoms. The molecule has 12 nitrogen and oxygen atoms in total. The topological polar surface area (TPSA) is 197 Å². The molecule has 0 fully saturated rings. The molecule has 0 aromatic heterocycles. The molecular weight excluding hydrogens is 590 g/mol. The molecule has 0 saturated heterocycles. The zero-order chi connectivity index (χ0) is 29.1. The fourth-order valence-electron chi connectivity index (χ4n) is 3.04. The molecule has 0 aliphatic carbocycles. The molecule has 204 valence electrons. The number of para-hydroxylation sites is 2. The molecule has 0 saturated carbocycles. The van der Waals surface area contributed by atoms with Crippen LogP contribution in [0.25, 0.3) is 0 Å². The molecule has 4 rings (SSSR count). The average Bonchev–Trinajstić information content (AvgIpc) is 2.90. The van der Waals surface area contributed by atoms with Gasteiger partial charge in [-0.1, -0.05) is 36.4 Å². The SMILES string of the molecule is O=C(Nc1ccc(C(=O)[O-])c(O)c1)Oc1ccccc1.O=C(Nc1ccc(C(=O)[O-])c(O)c1)Oc1ccccc1.[Zn+2]. The molecule has 4 aromatic rings. The van der Waals surface area contributed by atoms with E-state index in [2.05, 4.69) is 10.6 Å². The zero-order valence-corrected chi connectivity index (χ0v) is 24.1. The van der Waals surface area contributed by atoms with Gasteiger partial charge in [0.2, 0.25) is 0 Å². The molecule has 0 unspecified atom stereocenters. The summed E-state index contributed by atoms with van der Waals surface area (Å²) in [6.45, 7) is 0. The summed E-state index contributed by atoms with van der Waals surface area (Å²) >= 11 is 0. The number of ether oxygens (including phenoxy) is 2. The Morgan fingerprint density at radius 1 is 0.561 bits per heavy atom. The van der Waals surface area contributed by atoms with E-state index in [0.717, 1.165) is 24.3 Å². The van der Waals surface area contributed by atoms with E-state index in [9.17, 15) is 39.6 Å². The summed E-state index contributed by atoms with van der Waals surface area (Å²) in [6.07, 6.45) is -1.51. The second kappa shape index (κ2) is 15.2. The molecule has 0 aliphatic heterocycles. The van der Waals surface area contributed by atoms with Gasteiger partial charge in [-0.2, -0.15) is 0 Å². The maximum Gasteiger partial charge on any atom is 2.00 e. The van der Waals surface area contributed by atoms with Crippen LogP contribution in [-0.4, -0.2) is 34.3 Å². The molecule has 0 heterocycles. The maximum absolute atomic E-state index is 11.6. The van der Waals surface area contributed by atoms with Crippen molar-refractivity contribution in [2.75, 3.05) is 10.6 Å². The number of amides is 2. The number of carboxylic acids is 2. The van der Waals surface area contributed by atoms with Gasteiger partial charge in [0.05, 0.1) is 11.9 Å². The number of anilines is 2. The third-order valence-corrected chi connectivity index (χ3v) is 4.84. The van der Waals surface area contributed by atoms with Crippen molar-refractivity contribution < 1.29 is 68.6 Å². The van der Waals surface area contributed by atoms with Crippen molar-refractivity contribution in [1.29, 1.82) is 0 Å². The number of carbonyl (C=O) groups excluding carboxylic acids is 4. The van der Waals surface area contributed by atoms with Crippen molar-refractivity contribution >= 4 is 35.5 Å². The number of benzene rings is 4. The van der Waals surface area contributed by atoms with Crippen LogP contribution in [0.3, 0.4) is 0 Å². The van der Waals surface area contributed by atoms with Gasteiger partial charge in [-0.15, -0.1) is 0 Å². The smallest absolute Gasteiger partial charge is 0.545 e. The Balaban J connectivity index is 0.000000280. The number of hydrogen-bond donors (Lipinski definition) is 4. The molecule has 0 aliphatic rings. The van der Waals surface area contributed by atoms with Crippen LogP contribution in [0.15, 0.2) is 97.1 Å². The Labute approximate surface area is 245 Å². The minimum atomic E-state index is -1.50. The molecule has 4 N–H and O–H groups in total. The Bertz CT molecular complexity index is 1400. The number of phenols is 2. The van der Waals surface area contributed by atoms with Gasteiger partial charge in [0, 0.05) is 34.6 Å². The van der Waals surface area contributed by atoms with E-state index in [1.54, 1.807) is 60.7 Å². The fourth-order valence-corrected chi connectivity index (χ4v) is 3.04. The van der Waals surface area contributed by atoms with E-state index in [1.807, 2.05) is 0 Å². The van der Waals surface area contributed by atoms with Gasteiger partial charge >= 0.3 is 31.7 Å². The average molecular weight is 610 g/mol. The molecule has 2 amide bonds. The van der Waals surface area contributed by atoms with Gasteiger partial charge in [0.1, 0.15) is 23.0 Å². The van der Waals surface area contributed by atoms with Crippen LogP contribution in [0.2, 0.25) is 0 Å². The Kier molecular flexibility index (Phi) is 11.8. The summed E-state index contributed by atoms with van der Waals surface area (Å²) in [5, 5.41) is 44.9. The molecule has 13 heteroatoms. The minimum absolute atomic E-state index is 0. The number of nitrogens with one attached hydrogen (secondary N) is 2. The Morgan fingerprint density at radius 3 is 1.20 bits per heavy atom. The van der Waals surface area contributed by atoms with E-state index < -0.39 is 35.6 Å². The number of rotatable bonds is 6. The van der Waals surface area contributed by atoms with Gasteiger partial charge in [0.15, 0.2) is 0 Å². The summed E-state index contributed by atoms with van der Waals surface area (Å²) in [5.41, 5.74) is -0.305. The van der Waals surface area contributed by atoms with E-state index in [0.29, 0.717) is 11.5 Å². The van der Waals surface area contributed by atoms with E-state index >= 15 is 0 Å². The van der Waals surface area contributed by atoms with Crippen LogP contribution >= 0.6 is 0 Å². The number of carboxylic acid groups (broad SMARTS) is 2. The standard InChI is InChI=1S/2C14H11NO5.Zn/c2*16-12-8-9(6-7-11(12)13(17)18)15-14(19)20-10-4-2-1-3-5-10;/h2*1-8,16H,(H,15,19)(H,17,18);/q;;+2/p-2. The summed E-state index contributed by atoms with van der Waals surface area (Å²) in [5.74, 6) is -3.27. The Morgan fingerprint density at radius 2 is 0.902 bits per heavy atom. The second-order valence-electron chi connectivity index (χ2n) is 7.69. The zero-order valence-electron chi connectivity index (χ0n) is 21.1. The normalized spacial score (nSPS) is 9.56. The molecule has 41 heavy (non-hydrogen) atoms. The largest absolute Gasteiger partial charge is 2.00 e. The van der Waals surface area contributed by atoms with Crippen LogP contribution in [0.1, 0.15) is 20.7 Å². The number of aromatic carboxylic acids is 2. The molecule has 4 aromatic carbocycles. The molecule has 0 atom stereocenters. The summed E-state index contributed by atoms with van der Waals surface area (Å²) in [7, 11) is 0. The number of hydrogen-bond acceptors (Lipinski definition) is 10. The van der Waals surface area contributed by atoms with E-state index in [4.69, 9.17) is 9.47 Å². The van der Waals surface area contributed by atoms with Crippen LogP contribution in [0.4, 0.5) is 21.0 Å². The predicted octanol–water partition coefficient (Wildman–Crippen LogP) is 2.73. The first kappa shape index (κ1) is 31.8. The monoisotopic (exact) mass is 608 g/mol. The van der Waals surface area contributed by atoms with Gasteiger partial charge < -0.3 is 39.5 Å². The van der Waals surface area contributed by atoms with Crippen LogP contribution in [0.5, 0.6) is 23.0 Å². The molecular formula is C28H20N2O10Zn. The summed E-state index contributed by atoms with van der Waals surface area (Å²) in [6, 6.07) is 23.9. The number of aromatic hydroxyl groups is 2. The van der Waals surface area contributed by atoms with Crippen LogP contribution < -0.4 is 30.3 Å². The Hall–Kier alpha value is -5.42. The van der Waals surface area contributed by atoms with Crippen LogP contribution in [0, 0.1) is 0 Å². The maximum atomic E-state index is 11.6. The minimum Gasteiger partial charge on any atom is -0.545 e. The van der Waals surface area contributed by atoms with Crippen LogP contribution in [-0.2, 0) is 19.5 Å². The first-order valence-corrected chi connectivity index (χ1v) is 11.3. The van der Waals surface area contributed by atoms with Crippen molar-refractivity contribution in [3.63, 3.8) is 0 Å². The van der Waals surface area contributed by atoms with Gasteiger partial charge in [-0.25, -0.2) is 9.59 Å². The first-order chi connectivity index (χ1) is 19.1. The summed E-state index contributed by atoms with van der Waals surface area (Å²) < 4.78 is 9.95. The van der Waals surface area contributed by atoms with Crippen molar-refractivity contribution in [1.82, 2.24) is 0 Å². The molecule has 0 radical (unpaired) electrons. The fraction of sp³-hybridized carbons (Fsp3) is 0. The van der Waals surface area contributed by atoms with E-state index in [1.165, 1.54) is 12.1 Å². The van der Waals surface area contributed by atoms with Gasteiger partial charge in [-0.3, -0.25) is 10.6 Å². The van der Waals surface area contributed by atoms with Gasteiger partial charge in [-0.05, 0) is 48.5 Å². The first-order valence-electron chi connectivity index (χ1n) is 11.3. The third kappa shape index (κ3) is 10.0. The summed E-state index contributed by atoms with van der Waals surface area (Å²) in [4.78, 5) is 44.4. The van der Waals surface area contributed by atoms with Crippen molar-refractivity contribution in [2.24, 2.45) is 0 Å². The number of carbonyl (C=O) groups is 4. The van der Waals surface area contributed by atoms with Crippen molar-refractivity contribution in [3.8, 4) is 23.0 Å². The predicted molar refractivity (Wildman–Crippen MR) is 137 cm³/mol. The van der Waals surface area contributed by atoms with Crippen molar-refractivity contribution in [2.45, 2.75) is 0 Å². The van der Waals surface area contributed by atoms with Gasteiger partial charge in [0.25, 0.3) is 0 Å². The van der Waals surface area contributed by atoms with E-state index in [-0.39, 0.29) is 42.0 Å². The second-order valence-corrected chi connectivity index (χ2v) is 7.69. The van der Waals surface area contributed by atoms with Crippen molar-refractivity contribution in [3.05, 3.63) is 108 Å². The molecule has 0 bridgehead atoms. The quantitative estimate of drug-likeness (QED) is 0.236. The third-order valence-electron chi connectivity index (χ3n) is 4.84.